The Kier molecular flexibility index (Phi) is 6.05. The summed E-state index contributed by atoms with van der Waals surface area (Å²) in [6.45, 7) is 6.83. The Balaban J connectivity index is 2.96. The first kappa shape index (κ1) is 14.6. The van der Waals surface area contributed by atoms with Crippen LogP contribution in [0.1, 0.15) is 52.0 Å². The van der Waals surface area contributed by atoms with Crippen molar-refractivity contribution in [3.8, 4) is 0 Å². The van der Waals surface area contributed by atoms with Gasteiger partial charge in [0.1, 0.15) is 0 Å². The summed E-state index contributed by atoms with van der Waals surface area (Å²) in [4.78, 5) is 0. The lowest BCUT2D eigenvalue weighted by Gasteiger charge is -2.34. The van der Waals surface area contributed by atoms with E-state index in [9.17, 15) is 0 Å². The summed E-state index contributed by atoms with van der Waals surface area (Å²) in [5.41, 5.74) is 1.57. The van der Waals surface area contributed by atoms with E-state index in [1.54, 1.807) is 0 Å². The van der Waals surface area contributed by atoms with Crippen LogP contribution >= 0.6 is 11.6 Å². The second kappa shape index (κ2) is 7.06. The Morgan fingerprint density at radius 1 is 1.06 bits per heavy atom. The molecular weight excluding hydrogens is 228 g/mol. The molecule has 96 valence electrons. The van der Waals surface area contributed by atoms with Crippen molar-refractivity contribution in [1.29, 1.82) is 0 Å². The van der Waals surface area contributed by atoms with Crippen LogP contribution in [0.5, 0.6) is 0 Å². The molecule has 0 aliphatic heterocycles. The van der Waals surface area contributed by atoms with Crippen LogP contribution in [-0.4, -0.2) is 5.88 Å². The van der Waals surface area contributed by atoms with Gasteiger partial charge in [-0.2, -0.15) is 0 Å². The monoisotopic (exact) mass is 252 g/mol. The van der Waals surface area contributed by atoms with E-state index in [0.717, 1.165) is 18.2 Å². The summed E-state index contributed by atoms with van der Waals surface area (Å²) >= 11 is 6.32. The average molecular weight is 253 g/mol. The molecular formula is C16H25Cl. The molecule has 0 spiro atoms. The van der Waals surface area contributed by atoms with Crippen molar-refractivity contribution in [3.63, 3.8) is 0 Å². The van der Waals surface area contributed by atoms with Crippen molar-refractivity contribution in [1.82, 2.24) is 0 Å². The molecule has 0 aromatic heterocycles. The summed E-state index contributed by atoms with van der Waals surface area (Å²) in [6, 6.07) is 10.8. The van der Waals surface area contributed by atoms with Crippen LogP contribution in [0.4, 0.5) is 0 Å². The molecule has 0 N–H and O–H groups in total. The van der Waals surface area contributed by atoms with Crippen molar-refractivity contribution in [2.45, 2.75) is 51.9 Å². The number of benzene rings is 1. The van der Waals surface area contributed by atoms with Crippen molar-refractivity contribution in [2.75, 3.05) is 5.88 Å². The number of rotatable bonds is 7. The summed E-state index contributed by atoms with van der Waals surface area (Å²) in [5, 5.41) is 0. The van der Waals surface area contributed by atoms with Crippen LogP contribution in [0.25, 0.3) is 0 Å². The molecule has 0 bridgehead atoms. The van der Waals surface area contributed by atoms with E-state index < -0.39 is 0 Å². The molecule has 0 radical (unpaired) electrons. The molecule has 1 rings (SSSR count). The SMILES string of the molecule is CCC(CC)CC(CC)(CCl)c1ccccc1. The molecule has 0 saturated heterocycles. The lowest BCUT2D eigenvalue weighted by molar-refractivity contribution is 0.317. The maximum atomic E-state index is 6.32. The van der Waals surface area contributed by atoms with E-state index in [-0.39, 0.29) is 5.41 Å². The maximum Gasteiger partial charge on any atom is 0.0320 e. The first-order chi connectivity index (χ1) is 8.22. The van der Waals surface area contributed by atoms with Crippen LogP contribution in [0.3, 0.4) is 0 Å². The van der Waals surface area contributed by atoms with Gasteiger partial charge in [0.05, 0.1) is 0 Å². The summed E-state index contributed by atoms with van der Waals surface area (Å²) in [7, 11) is 0. The smallest absolute Gasteiger partial charge is 0.0320 e. The van der Waals surface area contributed by atoms with Gasteiger partial charge in [-0.25, -0.2) is 0 Å². The second-order valence-electron chi connectivity index (χ2n) is 5.02. The standard InChI is InChI=1S/C16H25Cl/c1-4-14(5-2)12-16(6-3,13-17)15-10-8-7-9-11-15/h7-11,14H,4-6,12-13H2,1-3H3. The van der Waals surface area contributed by atoms with Gasteiger partial charge in [-0.1, -0.05) is 63.9 Å². The van der Waals surface area contributed by atoms with Crippen LogP contribution in [0, 0.1) is 5.92 Å². The molecule has 0 aliphatic carbocycles. The first-order valence-electron chi connectivity index (χ1n) is 6.83. The molecule has 1 aromatic carbocycles. The Morgan fingerprint density at radius 2 is 1.65 bits per heavy atom. The van der Waals surface area contributed by atoms with Gasteiger partial charge < -0.3 is 0 Å². The fraction of sp³-hybridized carbons (Fsp3) is 0.625. The van der Waals surface area contributed by atoms with Crippen LogP contribution in [-0.2, 0) is 5.41 Å². The zero-order valence-corrected chi connectivity index (χ0v) is 12.1. The quantitative estimate of drug-likeness (QED) is 0.570. The molecule has 17 heavy (non-hydrogen) atoms. The number of halogens is 1. The van der Waals surface area contributed by atoms with Crippen molar-refractivity contribution < 1.29 is 0 Å². The summed E-state index contributed by atoms with van der Waals surface area (Å²) < 4.78 is 0. The van der Waals surface area contributed by atoms with E-state index >= 15 is 0 Å². The molecule has 0 fully saturated rings. The third kappa shape index (κ3) is 3.48. The predicted molar refractivity (Wildman–Crippen MR) is 77.8 cm³/mol. The van der Waals surface area contributed by atoms with Crippen LogP contribution in [0.15, 0.2) is 30.3 Å². The van der Waals surface area contributed by atoms with E-state index in [4.69, 9.17) is 11.6 Å². The molecule has 1 aromatic rings. The molecule has 1 unspecified atom stereocenters. The molecule has 1 atom stereocenters. The van der Waals surface area contributed by atoms with Gasteiger partial charge in [0.15, 0.2) is 0 Å². The van der Waals surface area contributed by atoms with Gasteiger partial charge in [-0.15, -0.1) is 11.6 Å². The zero-order chi connectivity index (χ0) is 12.7. The lowest BCUT2D eigenvalue weighted by Crippen LogP contribution is -2.30. The van der Waals surface area contributed by atoms with Gasteiger partial charge in [0.2, 0.25) is 0 Å². The van der Waals surface area contributed by atoms with E-state index in [2.05, 4.69) is 51.1 Å². The Labute approximate surface area is 111 Å². The Bertz CT molecular complexity index is 297. The Morgan fingerprint density at radius 3 is 2.06 bits per heavy atom. The lowest BCUT2D eigenvalue weighted by atomic mass is 9.72. The fourth-order valence-corrected chi connectivity index (χ4v) is 3.07. The minimum atomic E-state index is 0.166. The largest absolute Gasteiger partial charge is 0.126 e. The highest BCUT2D eigenvalue weighted by Crippen LogP contribution is 2.37. The molecule has 0 heterocycles. The van der Waals surface area contributed by atoms with E-state index in [1.165, 1.54) is 24.8 Å². The number of alkyl halides is 1. The number of hydrogen-bond acceptors (Lipinski definition) is 0. The van der Waals surface area contributed by atoms with E-state index in [1.807, 2.05) is 0 Å². The highest BCUT2D eigenvalue weighted by Gasteiger charge is 2.31. The minimum absolute atomic E-state index is 0.166. The third-order valence-electron chi connectivity index (χ3n) is 4.15. The molecule has 0 saturated carbocycles. The Hall–Kier alpha value is -0.490. The van der Waals surface area contributed by atoms with Gasteiger partial charge >= 0.3 is 0 Å². The van der Waals surface area contributed by atoms with Gasteiger partial charge in [-0.3, -0.25) is 0 Å². The van der Waals surface area contributed by atoms with Crippen LogP contribution < -0.4 is 0 Å². The summed E-state index contributed by atoms with van der Waals surface area (Å²) in [6.07, 6.45) is 4.84. The highest BCUT2D eigenvalue weighted by atomic mass is 35.5. The minimum Gasteiger partial charge on any atom is -0.126 e. The van der Waals surface area contributed by atoms with Crippen molar-refractivity contribution in [3.05, 3.63) is 35.9 Å². The van der Waals surface area contributed by atoms with Gasteiger partial charge in [0, 0.05) is 11.3 Å². The normalized spacial score (nSPS) is 14.9. The van der Waals surface area contributed by atoms with Gasteiger partial charge in [0.25, 0.3) is 0 Å². The molecule has 1 heteroatoms. The second-order valence-corrected chi connectivity index (χ2v) is 5.29. The molecule has 0 nitrogen and oxygen atoms in total. The maximum absolute atomic E-state index is 6.32. The van der Waals surface area contributed by atoms with Gasteiger partial charge in [-0.05, 0) is 24.3 Å². The highest BCUT2D eigenvalue weighted by molar-refractivity contribution is 6.18. The predicted octanol–water partition coefficient (Wildman–Crippen LogP) is 5.40. The first-order valence-corrected chi connectivity index (χ1v) is 7.37. The van der Waals surface area contributed by atoms with Crippen molar-refractivity contribution in [2.24, 2.45) is 5.92 Å². The molecule has 0 amide bonds. The third-order valence-corrected chi connectivity index (χ3v) is 4.66. The topological polar surface area (TPSA) is 0 Å². The zero-order valence-electron chi connectivity index (χ0n) is 11.4. The fourth-order valence-electron chi connectivity index (χ4n) is 2.61. The summed E-state index contributed by atoms with van der Waals surface area (Å²) in [5.74, 6) is 1.51. The van der Waals surface area contributed by atoms with Crippen LogP contribution in [0.2, 0.25) is 0 Å². The van der Waals surface area contributed by atoms with Crippen molar-refractivity contribution >= 4 is 11.6 Å². The average Bonchev–Trinajstić information content (AvgIpc) is 2.42. The van der Waals surface area contributed by atoms with E-state index in [0.29, 0.717) is 0 Å². The number of hydrogen-bond donors (Lipinski definition) is 0. The molecule has 0 aliphatic rings.